The molecule has 0 saturated heterocycles. The van der Waals surface area contributed by atoms with Crippen LogP contribution in [0.5, 0.6) is 0 Å². The third-order valence-corrected chi connectivity index (χ3v) is 9.47. The lowest BCUT2D eigenvalue weighted by Crippen LogP contribution is -1.97. The van der Waals surface area contributed by atoms with Crippen molar-refractivity contribution in [2.75, 3.05) is 0 Å². The molecular formula is C42H26N2. The van der Waals surface area contributed by atoms with Crippen molar-refractivity contribution < 1.29 is 0 Å². The van der Waals surface area contributed by atoms with E-state index >= 15 is 0 Å². The third kappa shape index (κ3) is 3.09. The molecule has 0 spiro atoms. The second-order valence-electron chi connectivity index (χ2n) is 11.7. The summed E-state index contributed by atoms with van der Waals surface area (Å²) in [6.45, 7) is 0. The second-order valence-corrected chi connectivity index (χ2v) is 11.7. The van der Waals surface area contributed by atoms with E-state index in [0.717, 1.165) is 11.4 Å². The molecule has 0 N–H and O–H groups in total. The average molecular weight is 559 g/mol. The highest BCUT2D eigenvalue weighted by Crippen LogP contribution is 2.44. The Bertz CT molecular complexity index is 2700. The van der Waals surface area contributed by atoms with Crippen LogP contribution in [0.2, 0.25) is 0 Å². The van der Waals surface area contributed by atoms with Crippen LogP contribution in [0.25, 0.3) is 87.3 Å². The van der Waals surface area contributed by atoms with Crippen LogP contribution >= 0.6 is 0 Å². The molecule has 44 heavy (non-hydrogen) atoms. The van der Waals surface area contributed by atoms with E-state index in [1.54, 1.807) is 0 Å². The van der Waals surface area contributed by atoms with Gasteiger partial charge in [0.1, 0.15) is 0 Å². The number of nitrogens with zero attached hydrogens (tertiary/aromatic N) is 2. The maximum absolute atomic E-state index is 2.48. The van der Waals surface area contributed by atoms with Gasteiger partial charge in [-0.2, -0.15) is 0 Å². The summed E-state index contributed by atoms with van der Waals surface area (Å²) in [4.78, 5) is 0. The summed E-state index contributed by atoms with van der Waals surface area (Å²) in [7, 11) is 0. The van der Waals surface area contributed by atoms with Crippen molar-refractivity contribution in [2.45, 2.75) is 0 Å². The van der Waals surface area contributed by atoms with Gasteiger partial charge in [-0.25, -0.2) is 0 Å². The first-order valence-electron chi connectivity index (χ1n) is 15.2. The fourth-order valence-electron chi connectivity index (χ4n) is 7.66. The first kappa shape index (κ1) is 23.7. The van der Waals surface area contributed by atoms with Crippen molar-refractivity contribution >= 4 is 75.9 Å². The summed E-state index contributed by atoms with van der Waals surface area (Å²) < 4.78 is 4.86. The van der Waals surface area contributed by atoms with Gasteiger partial charge in [0.15, 0.2) is 0 Å². The monoisotopic (exact) mass is 558 g/mol. The third-order valence-electron chi connectivity index (χ3n) is 9.47. The Morgan fingerprint density at radius 3 is 1.41 bits per heavy atom. The van der Waals surface area contributed by atoms with Gasteiger partial charge in [-0.3, -0.25) is 0 Å². The van der Waals surface area contributed by atoms with Crippen LogP contribution in [0.1, 0.15) is 0 Å². The lowest BCUT2D eigenvalue weighted by molar-refractivity contribution is 1.15. The minimum absolute atomic E-state index is 1.16. The molecule has 0 aliphatic rings. The molecule has 0 fully saturated rings. The predicted molar refractivity (Wildman–Crippen MR) is 188 cm³/mol. The van der Waals surface area contributed by atoms with Crippen LogP contribution in [0.3, 0.4) is 0 Å². The largest absolute Gasteiger partial charge is 0.309 e. The first-order chi connectivity index (χ1) is 21.9. The van der Waals surface area contributed by atoms with Gasteiger partial charge in [-0.05, 0) is 64.0 Å². The molecule has 0 aliphatic heterocycles. The highest BCUT2D eigenvalue weighted by atomic mass is 15.0. The number of hydrogen-bond donors (Lipinski definition) is 0. The molecule has 2 nitrogen and oxygen atoms in total. The van der Waals surface area contributed by atoms with Crippen LogP contribution in [-0.4, -0.2) is 9.13 Å². The normalized spacial score (nSPS) is 12.1. The summed E-state index contributed by atoms with van der Waals surface area (Å²) in [6.07, 6.45) is 0. The zero-order valence-corrected chi connectivity index (χ0v) is 23.9. The molecule has 0 amide bonds. The van der Waals surface area contributed by atoms with Crippen LogP contribution in [-0.2, 0) is 0 Å². The van der Waals surface area contributed by atoms with E-state index in [0.29, 0.717) is 0 Å². The van der Waals surface area contributed by atoms with Gasteiger partial charge in [0, 0.05) is 43.7 Å². The van der Waals surface area contributed by atoms with E-state index in [2.05, 4.69) is 167 Å². The molecule has 2 heteroatoms. The highest BCUT2D eigenvalue weighted by molar-refractivity contribution is 6.36. The molecule has 0 unspecified atom stereocenters. The van der Waals surface area contributed by atoms with Crippen LogP contribution in [0.4, 0.5) is 0 Å². The van der Waals surface area contributed by atoms with Crippen molar-refractivity contribution in [3.8, 4) is 11.4 Å². The molecule has 0 bridgehead atoms. The van der Waals surface area contributed by atoms with Gasteiger partial charge in [0.05, 0.1) is 22.1 Å². The Morgan fingerprint density at radius 2 is 0.750 bits per heavy atom. The minimum Gasteiger partial charge on any atom is -0.309 e. The summed E-state index contributed by atoms with van der Waals surface area (Å²) in [5.74, 6) is 0. The number of benzene rings is 8. The highest BCUT2D eigenvalue weighted by Gasteiger charge is 2.20. The first-order valence-corrected chi connectivity index (χ1v) is 15.2. The Balaban J connectivity index is 1.32. The Kier molecular flexibility index (Phi) is 4.75. The van der Waals surface area contributed by atoms with Gasteiger partial charge < -0.3 is 9.13 Å². The van der Waals surface area contributed by atoms with Crippen LogP contribution in [0.15, 0.2) is 158 Å². The molecule has 0 radical (unpaired) electrons. The number of para-hydroxylation sites is 3. The van der Waals surface area contributed by atoms with E-state index in [1.165, 1.54) is 75.9 Å². The van der Waals surface area contributed by atoms with Crippen molar-refractivity contribution in [1.82, 2.24) is 9.13 Å². The van der Waals surface area contributed by atoms with E-state index in [9.17, 15) is 0 Å². The summed E-state index contributed by atoms with van der Waals surface area (Å²) >= 11 is 0. The van der Waals surface area contributed by atoms with Crippen molar-refractivity contribution in [3.05, 3.63) is 158 Å². The van der Waals surface area contributed by atoms with Gasteiger partial charge in [-0.1, -0.05) is 115 Å². The van der Waals surface area contributed by atoms with Gasteiger partial charge >= 0.3 is 0 Å². The Labute approximate surface area is 253 Å². The molecule has 8 aromatic carbocycles. The van der Waals surface area contributed by atoms with E-state index in [-0.39, 0.29) is 0 Å². The fraction of sp³-hybridized carbons (Fsp3) is 0. The standard InChI is InChI=1S/C42H26N2/c1-2-12-30-27(11-1)21-26-34-31-13-3-4-16-35(31)42-41(40(30)34)36-17-7-10-20-39(36)44(42)29-24-22-28(23-25-29)43-37-18-8-5-14-32(37)33-15-6-9-19-38(33)43/h1-26H. The molecule has 0 aliphatic carbocycles. The number of aromatic nitrogens is 2. The zero-order valence-electron chi connectivity index (χ0n) is 23.9. The molecular weight excluding hydrogens is 532 g/mol. The van der Waals surface area contributed by atoms with E-state index < -0.39 is 0 Å². The molecule has 2 heterocycles. The van der Waals surface area contributed by atoms with Crippen LogP contribution < -0.4 is 0 Å². The predicted octanol–water partition coefficient (Wildman–Crippen LogP) is 11.3. The molecule has 0 saturated carbocycles. The van der Waals surface area contributed by atoms with E-state index in [1.807, 2.05) is 0 Å². The topological polar surface area (TPSA) is 9.86 Å². The fourth-order valence-corrected chi connectivity index (χ4v) is 7.66. The molecule has 204 valence electrons. The molecule has 2 aromatic heterocycles. The quantitative estimate of drug-likeness (QED) is 0.187. The smallest absolute Gasteiger partial charge is 0.0626 e. The Hall–Kier alpha value is -5.86. The zero-order chi connectivity index (χ0) is 28.8. The van der Waals surface area contributed by atoms with Gasteiger partial charge in [0.25, 0.3) is 0 Å². The summed E-state index contributed by atoms with van der Waals surface area (Å²) in [6, 6.07) is 57.7. The van der Waals surface area contributed by atoms with Gasteiger partial charge in [0.2, 0.25) is 0 Å². The second kappa shape index (κ2) is 8.82. The average Bonchev–Trinajstić information content (AvgIpc) is 3.62. The lowest BCUT2D eigenvalue weighted by Gasteiger charge is -2.14. The molecule has 10 rings (SSSR count). The van der Waals surface area contributed by atoms with Crippen molar-refractivity contribution in [1.29, 1.82) is 0 Å². The number of hydrogen-bond acceptors (Lipinski definition) is 0. The summed E-state index contributed by atoms with van der Waals surface area (Å²) in [5.41, 5.74) is 7.25. The minimum atomic E-state index is 1.16. The molecule has 10 aromatic rings. The number of fused-ring (bicyclic) bond motifs is 13. The summed E-state index contributed by atoms with van der Waals surface area (Å²) in [5, 5.41) is 12.9. The lowest BCUT2D eigenvalue weighted by atomic mass is 9.93. The van der Waals surface area contributed by atoms with Crippen LogP contribution in [0, 0.1) is 0 Å². The molecule has 0 atom stereocenters. The Morgan fingerprint density at radius 1 is 0.273 bits per heavy atom. The maximum Gasteiger partial charge on any atom is 0.0626 e. The van der Waals surface area contributed by atoms with E-state index in [4.69, 9.17) is 0 Å². The number of rotatable bonds is 2. The van der Waals surface area contributed by atoms with Crippen molar-refractivity contribution in [3.63, 3.8) is 0 Å². The van der Waals surface area contributed by atoms with Crippen molar-refractivity contribution in [2.24, 2.45) is 0 Å². The van der Waals surface area contributed by atoms with Gasteiger partial charge in [-0.15, -0.1) is 0 Å². The maximum atomic E-state index is 2.48. The SMILES string of the molecule is c1ccc2c(c1)ccc1c3ccccc3c3c(c4ccccc4n3-c3ccc(-n4c5ccccc5c5ccccc54)cc3)c21.